The van der Waals surface area contributed by atoms with E-state index in [2.05, 4.69) is 37.6 Å². The predicted molar refractivity (Wildman–Crippen MR) is 170 cm³/mol. The highest BCUT2D eigenvalue weighted by atomic mass is 19.1. The molecule has 0 unspecified atom stereocenters. The molecule has 2 bridgehead atoms. The number of benzene rings is 2. The lowest BCUT2D eigenvalue weighted by molar-refractivity contribution is 0.107. The molecule has 0 radical (unpaired) electrons. The summed E-state index contributed by atoms with van der Waals surface area (Å²) in [6.45, 7) is 6.62. The van der Waals surface area contributed by atoms with Crippen molar-refractivity contribution in [2.45, 2.75) is 55.4 Å². The van der Waals surface area contributed by atoms with Crippen LogP contribution in [0.25, 0.3) is 32.9 Å². The van der Waals surface area contributed by atoms with Crippen molar-refractivity contribution in [2.75, 3.05) is 37.7 Å². The molecule has 0 spiro atoms. The normalized spacial score (nSPS) is 27.3. The van der Waals surface area contributed by atoms with Gasteiger partial charge in [0.1, 0.15) is 41.4 Å². The number of nitrogens with one attached hydrogen (secondary N) is 1. The second-order valence-electron chi connectivity index (χ2n) is 13.2. The Labute approximate surface area is 264 Å². The third kappa shape index (κ3) is 4.49. The zero-order valence-corrected chi connectivity index (χ0v) is 25.2. The van der Waals surface area contributed by atoms with E-state index in [1.165, 1.54) is 30.5 Å². The molecule has 8 nitrogen and oxygen atoms in total. The molecule has 4 atom stereocenters. The highest BCUT2D eigenvalue weighted by Crippen LogP contribution is 2.42. The van der Waals surface area contributed by atoms with Gasteiger partial charge in [0, 0.05) is 49.2 Å². The first-order chi connectivity index (χ1) is 22.2. The fraction of sp³-hybridized carbons (Fsp3) is 0.400. The van der Waals surface area contributed by atoms with Crippen molar-refractivity contribution in [3.8, 4) is 35.4 Å². The van der Waals surface area contributed by atoms with Crippen LogP contribution < -0.4 is 15.0 Å². The summed E-state index contributed by atoms with van der Waals surface area (Å²) < 4.78 is 52.4. The van der Waals surface area contributed by atoms with E-state index in [1.54, 1.807) is 0 Å². The number of aromatic hydroxyl groups is 1. The number of hydrogen-bond acceptors (Lipinski definition) is 8. The van der Waals surface area contributed by atoms with Crippen LogP contribution in [0.15, 0.2) is 43.1 Å². The van der Waals surface area contributed by atoms with Crippen LogP contribution in [0, 0.1) is 24.0 Å². The minimum absolute atomic E-state index is 0.0169. The predicted octanol–water partition coefficient (Wildman–Crippen LogP) is 5.26. The number of anilines is 1. The van der Waals surface area contributed by atoms with Gasteiger partial charge in [0.25, 0.3) is 0 Å². The Morgan fingerprint density at radius 1 is 1.22 bits per heavy atom. The topological polar surface area (TPSA) is 86.6 Å². The van der Waals surface area contributed by atoms with Gasteiger partial charge in [0.2, 0.25) is 0 Å². The van der Waals surface area contributed by atoms with Crippen molar-refractivity contribution in [1.82, 2.24) is 25.2 Å². The van der Waals surface area contributed by atoms with Crippen LogP contribution in [0.3, 0.4) is 0 Å². The van der Waals surface area contributed by atoms with Gasteiger partial charge in [0.15, 0.2) is 5.82 Å². The van der Waals surface area contributed by atoms with Crippen LogP contribution in [-0.2, 0) is 0 Å². The number of nitrogens with zero attached hydrogens (tertiary/aromatic N) is 5. The van der Waals surface area contributed by atoms with Gasteiger partial charge >= 0.3 is 6.01 Å². The molecule has 0 aliphatic carbocycles. The maximum atomic E-state index is 16.9. The first-order valence-corrected chi connectivity index (χ1v) is 15.7. The molecule has 2 aromatic heterocycles. The standard InChI is InChI=1S/C35H33F3N6O2/c1-3-24-27(37)7-6-20-12-23(45)13-25(28(20)24)30-29(38)31-26(15-39-30)32(43-17-22-8-10-34(4-2,18-43)42-22)41-33(40-31)46-19-35-9-5-11-44(35)16-21(36)14-35/h1,4,6-7,12-13,15,21-22,42,45H,2,5,8-11,14,16-19H2/t21-,22+,34-,35+/m1/s1. The summed E-state index contributed by atoms with van der Waals surface area (Å²) in [4.78, 5) is 18.1. The van der Waals surface area contributed by atoms with E-state index in [-0.39, 0.29) is 57.7 Å². The Kier molecular flexibility index (Phi) is 6.67. The second-order valence-corrected chi connectivity index (χ2v) is 13.2. The first-order valence-electron chi connectivity index (χ1n) is 15.7. The molecule has 8 rings (SSSR count). The van der Waals surface area contributed by atoms with Crippen molar-refractivity contribution in [3.63, 3.8) is 0 Å². The number of phenolic OH excluding ortho intramolecular Hbond substituents is 1. The Morgan fingerprint density at radius 3 is 2.91 bits per heavy atom. The number of phenols is 1. The number of halogens is 3. The van der Waals surface area contributed by atoms with Crippen LogP contribution in [0.1, 0.15) is 37.7 Å². The molecule has 2 N–H and O–H groups in total. The summed E-state index contributed by atoms with van der Waals surface area (Å²) in [5.41, 5.74) is -0.866. The monoisotopic (exact) mass is 626 g/mol. The Balaban J connectivity index is 1.29. The summed E-state index contributed by atoms with van der Waals surface area (Å²) in [5, 5.41) is 15.3. The number of ether oxygens (including phenoxy) is 1. The summed E-state index contributed by atoms with van der Waals surface area (Å²) in [6.07, 6.45) is 12.2. The average Bonchev–Trinajstić information content (AvgIpc) is 3.68. The van der Waals surface area contributed by atoms with Crippen molar-refractivity contribution in [1.29, 1.82) is 0 Å². The number of hydrogen-bond donors (Lipinski definition) is 2. The Hall–Kier alpha value is -4.40. The summed E-state index contributed by atoms with van der Waals surface area (Å²) in [5.74, 6) is 1.26. The lowest BCUT2D eigenvalue weighted by atomic mass is 9.95. The quantitative estimate of drug-likeness (QED) is 0.222. The molecule has 46 heavy (non-hydrogen) atoms. The zero-order valence-electron chi connectivity index (χ0n) is 25.2. The highest BCUT2D eigenvalue weighted by molar-refractivity contribution is 6.03. The smallest absolute Gasteiger partial charge is 0.319 e. The van der Waals surface area contributed by atoms with Gasteiger partial charge < -0.3 is 20.1 Å². The number of terminal acetylenes is 1. The molecule has 4 aliphatic rings. The van der Waals surface area contributed by atoms with Crippen LogP contribution in [0.2, 0.25) is 0 Å². The Morgan fingerprint density at radius 2 is 2.09 bits per heavy atom. The van der Waals surface area contributed by atoms with Gasteiger partial charge in [0.05, 0.1) is 22.0 Å². The van der Waals surface area contributed by atoms with E-state index >= 15 is 4.39 Å². The van der Waals surface area contributed by atoms with Gasteiger partial charge in [-0.05, 0) is 55.8 Å². The Bertz CT molecular complexity index is 1970. The average molecular weight is 627 g/mol. The van der Waals surface area contributed by atoms with Gasteiger partial charge in [-0.15, -0.1) is 13.0 Å². The van der Waals surface area contributed by atoms with Crippen LogP contribution in [-0.4, -0.2) is 81.0 Å². The number of pyridine rings is 1. The van der Waals surface area contributed by atoms with E-state index in [1.807, 2.05) is 6.08 Å². The van der Waals surface area contributed by atoms with E-state index in [4.69, 9.17) is 16.1 Å². The molecule has 0 amide bonds. The van der Waals surface area contributed by atoms with Gasteiger partial charge in [-0.1, -0.05) is 18.1 Å². The second kappa shape index (κ2) is 10.6. The molecule has 0 saturated carbocycles. The van der Waals surface area contributed by atoms with Crippen molar-refractivity contribution in [2.24, 2.45) is 0 Å². The fourth-order valence-electron chi connectivity index (χ4n) is 8.22. The third-order valence-corrected chi connectivity index (χ3v) is 10.4. The van der Waals surface area contributed by atoms with Crippen molar-refractivity contribution in [3.05, 3.63) is 60.3 Å². The molecule has 2 aromatic carbocycles. The molecule has 4 aliphatic heterocycles. The minimum Gasteiger partial charge on any atom is -0.508 e. The maximum Gasteiger partial charge on any atom is 0.319 e. The third-order valence-electron chi connectivity index (χ3n) is 10.4. The molecule has 11 heteroatoms. The van der Waals surface area contributed by atoms with Crippen LogP contribution in [0.5, 0.6) is 11.8 Å². The van der Waals surface area contributed by atoms with Crippen molar-refractivity contribution < 1.29 is 23.0 Å². The number of alkyl halides is 1. The zero-order chi connectivity index (χ0) is 31.8. The largest absolute Gasteiger partial charge is 0.508 e. The molecule has 4 fully saturated rings. The SMILES string of the molecule is C#Cc1c(F)ccc2cc(O)cc(-c3ncc4c(N5C[C@@H]6CC[C@](C=C)(C5)N6)nc(OC[C@@]56CCCN5C[C@H](F)C6)nc4c3F)c12. The number of fused-ring (bicyclic) bond motifs is 5. The van der Waals surface area contributed by atoms with Gasteiger partial charge in [-0.2, -0.15) is 9.97 Å². The minimum atomic E-state index is -0.927. The molecule has 4 aromatic rings. The summed E-state index contributed by atoms with van der Waals surface area (Å²) >= 11 is 0. The number of rotatable bonds is 6. The van der Waals surface area contributed by atoms with E-state index in [0.29, 0.717) is 42.6 Å². The fourth-order valence-corrected chi connectivity index (χ4v) is 8.22. The molecule has 236 valence electrons. The molecular weight excluding hydrogens is 593 g/mol. The van der Waals surface area contributed by atoms with Crippen LogP contribution >= 0.6 is 0 Å². The highest BCUT2D eigenvalue weighted by Gasteiger charge is 2.49. The number of piperazine rings is 1. The lowest BCUT2D eigenvalue weighted by Crippen LogP contribution is -2.58. The van der Waals surface area contributed by atoms with E-state index in [0.717, 1.165) is 32.2 Å². The summed E-state index contributed by atoms with van der Waals surface area (Å²) in [7, 11) is 0. The first kappa shape index (κ1) is 29.0. The van der Waals surface area contributed by atoms with E-state index < -0.39 is 23.3 Å². The maximum absolute atomic E-state index is 16.9. The summed E-state index contributed by atoms with van der Waals surface area (Å²) in [6, 6.07) is 5.63. The van der Waals surface area contributed by atoms with Crippen molar-refractivity contribution >= 4 is 27.5 Å². The molecular formula is C35H33F3N6O2. The molecule has 4 saturated heterocycles. The van der Waals surface area contributed by atoms with Gasteiger partial charge in [-0.25, -0.2) is 13.2 Å². The van der Waals surface area contributed by atoms with Gasteiger partial charge in [-0.3, -0.25) is 9.88 Å². The van der Waals surface area contributed by atoms with Crippen LogP contribution in [0.4, 0.5) is 19.0 Å². The number of aromatic nitrogens is 3. The van der Waals surface area contributed by atoms with E-state index in [9.17, 15) is 13.9 Å². The lowest BCUT2D eigenvalue weighted by Gasteiger charge is -2.40. The molecule has 6 heterocycles.